The first-order valence-corrected chi connectivity index (χ1v) is 14.5. The normalized spacial score (nSPS) is 40.8. The molecule has 3 heterocycles. The molecule has 1 amide bonds. The molecule has 0 spiro atoms. The number of hydrazine groups is 1. The minimum atomic E-state index is 0.123. The number of nitrogens with zero attached hydrogens (tertiary/aromatic N) is 1. The molecule has 8 unspecified atom stereocenters. The molecule has 0 aromatic carbocycles. The molecular formula is C26H49N7O2. The predicted molar refractivity (Wildman–Crippen MR) is 137 cm³/mol. The summed E-state index contributed by atoms with van der Waals surface area (Å²) in [5.41, 5.74) is 7.12. The Labute approximate surface area is 211 Å². The van der Waals surface area contributed by atoms with Gasteiger partial charge in [0.1, 0.15) is 0 Å². The van der Waals surface area contributed by atoms with Crippen LogP contribution in [-0.2, 0) is 9.53 Å². The summed E-state index contributed by atoms with van der Waals surface area (Å²) in [5.74, 6) is 1.65. The summed E-state index contributed by atoms with van der Waals surface area (Å²) in [4.78, 5) is 15.8. The third kappa shape index (κ3) is 6.37. The zero-order chi connectivity index (χ0) is 24.0. The van der Waals surface area contributed by atoms with E-state index >= 15 is 0 Å². The van der Waals surface area contributed by atoms with Crippen molar-refractivity contribution in [2.24, 2.45) is 17.8 Å². The Morgan fingerprint density at radius 2 is 1.97 bits per heavy atom. The Morgan fingerprint density at radius 1 is 1.06 bits per heavy atom. The maximum absolute atomic E-state index is 13.3. The van der Waals surface area contributed by atoms with Gasteiger partial charge in [-0.15, -0.1) is 0 Å². The number of carbonyl (C=O) groups is 1. The van der Waals surface area contributed by atoms with E-state index in [4.69, 9.17) is 4.74 Å². The second-order valence-corrected chi connectivity index (χ2v) is 11.6. The van der Waals surface area contributed by atoms with Crippen LogP contribution in [0.4, 0.5) is 0 Å². The molecule has 5 aliphatic rings. The van der Waals surface area contributed by atoms with Crippen molar-refractivity contribution >= 4 is 5.91 Å². The molecule has 2 saturated carbocycles. The Morgan fingerprint density at radius 3 is 2.83 bits per heavy atom. The average Bonchev–Trinajstić information content (AvgIpc) is 3.31. The quantitative estimate of drug-likeness (QED) is 0.297. The molecule has 3 saturated heterocycles. The van der Waals surface area contributed by atoms with Gasteiger partial charge in [0.2, 0.25) is 5.91 Å². The number of ether oxygens (including phenoxy) is 1. The summed E-state index contributed by atoms with van der Waals surface area (Å²) >= 11 is 0. The first-order valence-electron chi connectivity index (χ1n) is 14.5. The number of nitrogens with one attached hydrogen (secondary N) is 6. The van der Waals surface area contributed by atoms with Crippen molar-refractivity contribution in [3.05, 3.63) is 0 Å². The minimum Gasteiger partial charge on any atom is -0.379 e. The molecular weight excluding hydrogens is 442 g/mol. The molecule has 0 aromatic rings. The van der Waals surface area contributed by atoms with Gasteiger partial charge >= 0.3 is 0 Å². The molecule has 200 valence electrons. The summed E-state index contributed by atoms with van der Waals surface area (Å²) in [6, 6.07) is 1.08. The number of rotatable bonds is 8. The smallest absolute Gasteiger partial charge is 0.223 e. The Hall–Kier alpha value is -0.810. The molecule has 9 nitrogen and oxygen atoms in total. The second kappa shape index (κ2) is 12.6. The fraction of sp³-hybridized carbons (Fsp3) is 0.962. The summed E-state index contributed by atoms with van der Waals surface area (Å²) in [6.07, 6.45) is 12.2. The van der Waals surface area contributed by atoms with Crippen LogP contribution in [-0.4, -0.2) is 80.8 Å². The molecule has 5 fully saturated rings. The van der Waals surface area contributed by atoms with E-state index in [0.717, 1.165) is 71.4 Å². The van der Waals surface area contributed by atoms with Crippen molar-refractivity contribution in [2.75, 3.05) is 39.5 Å². The van der Waals surface area contributed by atoms with Gasteiger partial charge in [0.05, 0.1) is 25.0 Å². The van der Waals surface area contributed by atoms with Gasteiger partial charge in [0.15, 0.2) is 0 Å². The summed E-state index contributed by atoms with van der Waals surface area (Å²) in [7, 11) is 0. The lowest BCUT2D eigenvalue weighted by Crippen LogP contribution is -2.59. The fourth-order valence-electron chi connectivity index (χ4n) is 7.30. The van der Waals surface area contributed by atoms with Crippen LogP contribution in [0.5, 0.6) is 0 Å². The first kappa shape index (κ1) is 25.8. The van der Waals surface area contributed by atoms with E-state index < -0.39 is 0 Å². The van der Waals surface area contributed by atoms with E-state index in [2.05, 4.69) is 43.9 Å². The lowest BCUT2D eigenvalue weighted by Gasteiger charge is -2.42. The summed E-state index contributed by atoms with van der Waals surface area (Å²) in [6.45, 7) is 7.76. The van der Waals surface area contributed by atoms with Crippen molar-refractivity contribution in [1.29, 1.82) is 0 Å². The van der Waals surface area contributed by atoms with Crippen molar-refractivity contribution in [1.82, 2.24) is 37.0 Å². The number of amides is 1. The molecule has 6 N–H and O–H groups in total. The van der Waals surface area contributed by atoms with Gasteiger partial charge in [-0.2, -0.15) is 0 Å². The van der Waals surface area contributed by atoms with Gasteiger partial charge in [-0.1, -0.05) is 26.2 Å². The van der Waals surface area contributed by atoms with Crippen LogP contribution in [0.15, 0.2) is 0 Å². The van der Waals surface area contributed by atoms with Crippen molar-refractivity contribution in [2.45, 2.75) is 102 Å². The summed E-state index contributed by atoms with van der Waals surface area (Å²) in [5, 5.41) is 14.3. The van der Waals surface area contributed by atoms with Crippen LogP contribution < -0.4 is 32.1 Å². The van der Waals surface area contributed by atoms with E-state index in [1.54, 1.807) is 0 Å². The summed E-state index contributed by atoms with van der Waals surface area (Å²) < 4.78 is 5.89. The zero-order valence-corrected chi connectivity index (χ0v) is 21.7. The molecule has 0 aromatic heterocycles. The van der Waals surface area contributed by atoms with E-state index in [1.807, 2.05) is 0 Å². The Bertz CT molecular complexity index is 674. The van der Waals surface area contributed by atoms with Gasteiger partial charge in [0, 0.05) is 44.4 Å². The predicted octanol–water partition coefficient (Wildman–Crippen LogP) is 0.837. The number of hydrogen-bond acceptors (Lipinski definition) is 8. The van der Waals surface area contributed by atoms with Gasteiger partial charge < -0.3 is 20.7 Å². The highest BCUT2D eigenvalue weighted by Gasteiger charge is 2.39. The highest BCUT2D eigenvalue weighted by molar-refractivity contribution is 5.79. The largest absolute Gasteiger partial charge is 0.379 e. The number of carbonyl (C=O) groups excluding carboxylic acids is 1. The maximum atomic E-state index is 13.3. The van der Waals surface area contributed by atoms with E-state index in [-0.39, 0.29) is 24.0 Å². The van der Waals surface area contributed by atoms with Crippen molar-refractivity contribution in [3.63, 3.8) is 0 Å². The van der Waals surface area contributed by atoms with Gasteiger partial charge in [-0.25, -0.2) is 10.9 Å². The minimum absolute atomic E-state index is 0.123. The van der Waals surface area contributed by atoms with Crippen LogP contribution in [0.3, 0.4) is 0 Å². The van der Waals surface area contributed by atoms with E-state index in [1.165, 1.54) is 25.7 Å². The fourth-order valence-corrected chi connectivity index (χ4v) is 7.30. The molecule has 5 rings (SSSR count). The molecule has 3 aliphatic heterocycles. The van der Waals surface area contributed by atoms with Crippen molar-refractivity contribution < 1.29 is 9.53 Å². The maximum Gasteiger partial charge on any atom is 0.223 e. The van der Waals surface area contributed by atoms with Crippen LogP contribution >= 0.6 is 0 Å². The molecule has 0 radical (unpaired) electrons. The zero-order valence-electron chi connectivity index (χ0n) is 21.7. The highest BCUT2D eigenvalue weighted by atomic mass is 16.5. The topological polar surface area (TPSA) is 102 Å². The Balaban J connectivity index is 1.10. The molecule has 2 aliphatic carbocycles. The average molecular weight is 492 g/mol. The lowest BCUT2D eigenvalue weighted by atomic mass is 9.74. The molecule has 0 bridgehead atoms. The SMILES string of the molecule is CCCN1C(CNC2CCCC(C(=O)NC3COCC4CCCCC43)C2)NNC1C1CCNCN1. The first-order chi connectivity index (χ1) is 17.2. The van der Waals surface area contributed by atoms with Crippen LogP contribution in [0.1, 0.15) is 71.1 Å². The molecule has 35 heavy (non-hydrogen) atoms. The van der Waals surface area contributed by atoms with Crippen molar-refractivity contribution in [3.8, 4) is 0 Å². The number of hydrogen-bond donors (Lipinski definition) is 6. The van der Waals surface area contributed by atoms with Gasteiger partial charge in [0.25, 0.3) is 0 Å². The number of fused-ring (bicyclic) bond motifs is 1. The standard InChI is InChI=1S/C26H49N7O2/c1-2-12-33-24(31-32-25(33)22-10-11-27-17-29-22)14-28-20-8-5-7-18(13-20)26(34)30-23-16-35-15-19-6-3-4-9-21(19)23/h18-25,27-29,31-32H,2-17H2,1H3,(H,30,34). The highest BCUT2D eigenvalue weighted by Crippen LogP contribution is 2.36. The van der Waals surface area contributed by atoms with Gasteiger partial charge in [-0.05, 0) is 63.3 Å². The molecule has 8 atom stereocenters. The Kier molecular flexibility index (Phi) is 9.32. The third-order valence-electron chi connectivity index (χ3n) is 9.23. The van der Waals surface area contributed by atoms with Crippen LogP contribution in [0, 0.1) is 17.8 Å². The molecule has 9 heteroatoms. The lowest BCUT2D eigenvalue weighted by molar-refractivity contribution is -0.130. The third-order valence-corrected chi connectivity index (χ3v) is 9.23. The van der Waals surface area contributed by atoms with Gasteiger partial charge in [-0.3, -0.25) is 15.0 Å². The van der Waals surface area contributed by atoms with E-state index in [0.29, 0.717) is 36.7 Å². The second-order valence-electron chi connectivity index (χ2n) is 11.6. The van der Waals surface area contributed by atoms with Crippen LogP contribution in [0.2, 0.25) is 0 Å². The monoisotopic (exact) mass is 491 g/mol. The van der Waals surface area contributed by atoms with E-state index in [9.17, 15) is 4.79 Å². The van der Waals surface area contributed by atoms with Crippen LogP contribution in [0.25, 0.3) is 0 Å².